The lowest BCUT2D eigenvalue weighted by molar-refractivity contribution is -0.129. The Morgan fingerprint density at radius 3 is 2.74 bits per heavy atom. The van der Waals surface area contributed by atoms with Crippen molar-refractivity contribution in [2.75, 3.05) is 11.4 Å². The van der Waals surface area contributed by atoms with Crippen LogP contribution in [0, 0.1) is 0 Å². The lowest BCUT2D eigenvalue weighted by Gasteiger charge is -2.22. The third kappa shape index (κ3) is 4.77. The first-order valence-corrected chi connectivity index (χ1v) is 9.04. The van der Waals surface area contributed by atoms with Gasteiger partial charge in [0.25, 0.3) is 5.91 Å². The van der Waals surface area contributed by atoms with Gasteiger partial charge in [0.2, 0.25) is 5.91 Å². The summed E-state index contributed by atoms with van der Waals surface area (Å²) in [6.45, 7) is 0.554. The van der Waals surface area contributed by atoms with Crippen LogP contribution in [0.4, 0.5) is 5.69 Å². The zero-order valence-electron chi connectivity index (χ0n) is 15.0. The monoisotopic (exact) mass is 369 g/mol. The number of hydrogen-bond donors (Lipinski definition) is 3. The van der Waals surface area contributed by atoms with Crippen LogP contribution in [0.5, 0.6) is 0 Å². The molecular weight excluding hydrogens is 346 g/mol. The fourth-order valence-electron chi connectivity index (χ4n) is 3.05. The van der Waals surface area contributed by atoms with Gasteiger partial charge in [0.05, 0.1) is 6.26 Å². The van der Waals surface area contributed by atoms with Crippen LogP contribution in [0.15, 0.2) is 53.3 Å². The molecule has 1 aromatic carbocycles. The molecule has 0 bridgehead atoms. The van der Waals surface area contributed by atoms with Gasteiger partial charge >= 0.3 is 0 Å². The van der Waals surface area contributed by atoms with Crippen LogP contribution in [0.2, 0.25) is 0 Å². The van der Waals surface area contributed by atoms with Gasteiger partial charge in [0.1, 0.15) is 0 Å². The Bertz CT molecular complexity index is 886. The van der Waals surface area contributed by atoms with Crippen LogP contribution in [0.1, 0.15) is 42.7 Å². The molecule has 0 unspecified atom stereocenters. The molecule has 0 saturated carbocycles. The molecule has 0 saturated heterocycles. The number of hydroxylamine groups is 1. The fraction of sp³-hybridized carbons (Fsp3) is 0.300. The van der Waals surface area contributed by atoms with E-state index in [2.05, 4.69) is 4.98 Å². The van der Waals surface area contributed by atoms with E-state index in [-0.39, 0.29) is 11.8 Å². The molecule has 0 aliphatic heterocycles. The first kappa shape index (κ1) is 18.7. The van der Waals surface area contributed by atoms with Gasteiger partial charge in [0.15, 0.2) is 5.76 Å². The van der Waals surface area contributed by atoms with Crippen LogP contribution in [-0.4, -0.2) is 28.6 Å². The Labute approximate surface area is 156 Å². The van der Waals surface area contributed by atoms with E-state index < -0.39 is 0 Å². The minimum Gasteiger partial charge on any atom is -0.459 e. The van der Waals surface area contributed by atoms with Crippen molar-refractivity contribution >= 4 is 28.4 Å². The van der Waals surface area contributed by atoms with Crippen molar-refractivity contribution in [1.82, 2.24) is 10.5 Å². The number of hydrogen-bond acceptors (Lipinski definition) is 4. The molecule has 2 aromatic heterocycles. The summed E-state index contributed by atoms with van der Waals surface area (Å²) >= 11 is 0. The van der Waals surface area contributed by atoms with Crippen LogP contribution in [-0.2, 0) is 4.79 Å². The number of unbranched alkanes of at least 4 members (excludes halogenated alkanes) is 3. The quantitative estimate of drug-likeness (QED) is 0.303. The first-order valence-electron chi connectivity index (χ1n) is 9.04. The molecule has 2 amide bonds. The predicted molar refractivity (Wildman–Crippen MR) is 102 cm³/mol. The summed E-state index contributed by atoms with van der Waals surface area (Å²) in [7, 11) is 0. The predicted octanol–water partition coefficient (Wildman–Crippen LogP) is 3.86. The van der Waals surface area contributed by atoms with Crippen molar-refractivity contribution in [3.8, 4) is 0 Å². The number of carbonyl (C=O) groups is 2. The second kappa shape index (κ2) is 9.05. The minimum absolute atomic E-state index is 0.175. The maximum absolute atomic E-state index is 12.9. The average Bonchev–Trinajstić information content (AvgIpc) is 3.37. The fourth-order valence-corrected chi connectivity index (χ4v) is 3.05. The van der Waals surface area contributed by atoms with Crippen molar-refractivity contribution < 1.29 is 19.2 Å². The summed E-state index contributed by atoms with van der Waals surface area (Å²) in [5.74, 6) is -0.240. The summed E-state index contributed by atoms with van der Waals surface area (Å²) in [5.41, 5.74) is 3.42. The largest absolute Gasteiger partial charge is 0.459 e. The highest BCUT2D eigenvalue weighted by Gasteiger charge is 2.20. The van der Waals surface area contributed by atoms with E-state index in [0.29, 0.717) is 25.1 Å². The number of fused-ring (bicyclic) bond motifs is 1. The lowest BCUT2D eigenvalue weighted by atomic mass is 10.1. The molecule has 0 radical (unpaired) electrons. The standard InChI is InChI=1S/C20H23N3O4/c24-19(22-26)7-3-1-2-4-12-23(20(25)18-6-5-13-27-18)16-9-8-15-10-11-21-17(15)14-16/h5-6,8-11,13-14,21,26H,1-4,7,12H2,(H,22,24). The molecular formula is C20H23N3O4. The summed E-state index contributed by atoms with van der Waals surface area (Å²) in [5, 5.41) is 9.58. The number of benzene rings is 1. The smallest absolute Gasteiger partial charge is 0.293 e. The third-order valence-corrected chi connectivity index (χ3v) is 4.49. The van der Waals surface area contributed by atoms with Crippen molar-refractivity contribution in [3.63, 3.8) is 0 Å². The number of amides is 2. The molecule has 0 aliphatic carbocycles. The highest BCUT2D eigenvalue weighted by Crippen LogP contribution is 2.24. The van der Waals surface area contributed by atoms with Gasteiger partial charge in [-0.1, -0.05) is 18.9 Å². The molecule has 2 heterocycles. The zero-order valence-corrected chi connectivity index (χ0v) is 15.0. The van der Waals surface area contributed by atoms with E-state index in [0.717, 1.165) is 35.9 Å². The van der Waals surface area contributed by atoms with Gasteiger partial charge in [-0.25, -0.2) is 5.48 Å². The van der Waals surface area contributed by atoms with Gasteiger partial charge < -0.3 is 14.3 Å². The van der Waals surface area contributed by atoms with E-state index in [9.17, 15) is 9.59 Å². The van der Waals surface area contributed by atoms with Crippen LogP contribution < -0.4 is 10.4 Å². The second-order valence-electron chi connectivity index (χ2n) is 6.38. The highest BCUT2D eigenvalue weighted by molar-refractivity contribution is 6.05. The van der Waals surface area contributed by atoms with E-state index in [1.54, 1.807) is 22.5 Å². The molecule has 0 aliphatic rings. The van der Waals surface area contributed by atoms with E-state index in [4.69, 9.17) is 9.62 Å². The molecule has 27 heavy (non-hydrogen) atoms. The van der Waals surface area contributed by atoms with Crippen LogP contribution >= 0.6 is 0 Å². The van der Waals surface area contributed by atoms with Crippen molar-refractivity contribution in [1.29, 1.82) is 0 Å². The van der Waals surface area contributed by atoms with Crippen molar-refractivity contribution in [3.05, 3.63) is 54.6 Å². The summed E-state index contributed by atoms with van der Waals surface area (Å²) in [6, 6.07) is 11.2. The van der Waals surface area contributed by atoms with Crippen molar-refractivity contribution in [2.45, 2.75) is 32.1 Å². The normalized spacial score (nSPS) is 10.9. The number of carbonyl (C=O) groups excluding carboxylic acids is 2. The van der Waals surface area contributed by atoms with Crippen LogP contribution in [0.25, 0.3) is 10.9 Å². The maximum Gasteiger partial charge on any atom is 0.293 e. The molecule has 0 atom stereocenters. The van der Waals surface area contributed by atoms with Gasteiger partial charge in [-0.15, -0.1) is 0 Å². The lowest BCUT2D eigenvalue weighted by Crippen LogP contribution is -2.31. The van der Waals surface area contributed by atoms with Gasteiger partial charge in [-0.05, 0) is 48.6 Å². The molecule has 3 aromatic rings. The first-order chi connectivity index (χ1) is 13.2. The number of anilines is 1. The average molecular weight is 369 g/mol. The Balaban J connectivity index is 1.65. The molecule has 7 heteroatoms. The molecule has 7 nitrogen and oxygen atoms in total. The molecule has 3 rings (SSSR count). The topological polar surface area (TPSA) is 98.6 Å². The number of H-pyrrole nitrogens is 1. The second-order valence-corrected chi connectivity index (χ2v) is 6.38. The maximum atomic E-state index is 12.9. The molecule has 0 spiro atoms. The Morgan fingerprint density at radius 1 is 1.11 bits per heavy atom. The van der Waals surface area contributed by atoms with Gasteiger partial charge in [-0.3, -0.25) is 14.8 Å². The summed E-state index contributed by atoms with van der Waals surface area (Å²) < 4.78 is 5.29. The van der Waals surface area contributed by atoms with E-state index >= 15 is 0 Å². The third-order valence-electron chi connectivity index (χ3n) is 4.49. The van der Waals surface area contributed by atoms with Crippen molar-refractivity contribution in [2.24, 2.45) is 0 Å². The number of nitrogens with zero attached hydrogens (tertiary/aromatic N) is 1. The SMILES string of the molecule is O=C(CCCCCCN(C(=O)c1ccco1)c1ccc2cc[nH]c2c1)NO. The number of rotatable bonds is 9. The molecule has 142 valence electrons. The van der Waals surface area contributed by atoms with Gasteiger partial charge in [-0.2, -0.15) is 0 Å². The minimum atomic E-state index is -0.371. The summed E-state index contributed by atoms with van der Waals surface area (Å²) in [4.78, 5) is 28.8. The van der Waals surface area contributed by atoms with E-state index in [1.165, 1.54) is 6.26 Å². The molecule has 3 N–H and O–H groups in total. The Kier molecular flexibility index (Phi) is 6.27. The zero-order chi connectivity index (χ0) is 19.1. The van der Waals surface area contributed by atoms with Gasteiger partial charge in [0, 0.05) is 30.4 Å². The highest BCUT2D eigenvalue weighted by atomic mass is 16.5. The number of aromatic nitrogens is 1. The summed E-state index contributed by atoms with van der Waals surface area (Å²) in [6.07, 6.45) is 6.90. The number of nitrogens with one attached hydrogen (secondary N) is 2. The van der Waals surface area contributed by atoms with E-state index in [1.807, 2.05) is 30.5 Å². The molecule has 0 fully saturated rings. The number of furan rings is 1. The van der Waals surface area contributed by atoms with Crippen LogP contribution in [0.3, 0.4) is 0 Å². The number of aromatic amines is 1. The Hall–Kier alpha value is -3.06. The Morgan fingerprint density at radius 2 is 1.96 bits per heavy atom.